The topological polar surface area (TPSA) is 41.1 Å². The highest BCUT2D eigenvalue weighted by Gasteiger charge is 2.29. The van der Waals surface area contributed by atoms with Gasteiger partial charge >= 0.3 is 6.18 Å². The lowest BCUT2D eigenvalue weighted by atomic mass is 10.1. The van der Waals surface area contributed by atoms with Crippen LogP contribution < -0.4 is 10.2 Å². The van der Waals surface area contributed by atoms with Gasteiger partial charge in [0.1, 0.15) is 0 Å². The summed E-state index contributed by atoms with van der Waals surface area (Å²) in [5.74, 6) is 0.657. The maximum absolute atomic E-state index is 12.6. The van der Waals surface area contributed by atoms with E-state index in [0.29, 0.717) is 17.1 Å². The minimum absolute atomic E-state index is 0.657. The molecule has 1 aromatic heterocycles. The SMILES string of the molecule is FC(F)(F)c1ccc(-c2cnc(N3CCCNCC3)nc2)cc1. The summed E-state index contributed by atoms with van der Waals surface area (Å²) in [5, 5.41) is 3.31. The number of aromatic nitrogens is 2. The van der Waals surface area contributed by atoms with Crippen LogP contribution in [0, 0.1) is 0 Å². The Balaban J connectivity index is 1.76. The molecule has 0 atom stereocenters. The van der Waals surface area contributed by atoms with Crippen LogP contribution in [0.5, 0.6) is 0 Å². The second kappa shape index (κ2) is 6.54. The second-order valence-electron chi connectivity index (χ2n) is 5.44. The molecule has 1 aliphatic rings. The number of rotatable bonds is 2. The fraction of sp³-hybridized carbons (Fsp3) is 0.375. The molecule has 23 heavy (non-hydrogen) atoms. The summed E-state index contributed by atoms with van der Waals surface area (Å²) in [6.45, 7) is 3.62. The molecule has 3 rings (SSSR count). The standard InChI is InChI=1S/C16H17F3N4/c17-16(18,19)14-4-2-12(3-5-14)13-10-21-15(22-11-13)23-8-1-6-20-7-9-23/h2-5,10-11,20H,1,6-9H2. The van der Waals surface area contributed by atoms with Crippen LogP contribution in [0.2, 0.25) is 0 Å². The fourth-order valence-electron chi connectivity index (χ4n) is 2.53. The maximum Gasteiger partial charge on any atom is 0.416 e. The average molecular weight is 322 g/mol. The lowest BCUT2D eigenvalue weighted by molar-refractivity contribution is -0.137. The Hall–Kier alpha value is -2.15. The first-order valence-corrected chi connectivity index (χ1v) is 7.49. The summed E-state index contributed by atoms with van der Waals surface area (Å²) in [6, 6.07) is 5.03. The van der Waals surface area contributed by atoms with Crippen molar-refractivity contribution in [3.63, 3.8) is 0 Å². The zero-order valence-corrected chi connectivity index (χ0v) is 12.5. The van der Waals surface area contributed by atoms with Crippen molar-refractivity contribution in [1.29, 1.82) is 0 Å². The van der Waals surface area contributed by atoms with Gasteiger partial charge in [0, 0.05) is 37.6 Å². The summed E-state index contributed by atoms with van der Waals surface area (Å²) >= 11 is 0. The summed E-state index contributed by atoms with van der Waals surface area (Å²) in [6.07, 6.45) is 0.0240. The first-order valence-electron chi connectivity index (χ1n) is 7.49. The zero-order chi connectivity index (χ0) is 16.3. The van der Waals surface area contributed by atoms with Crippen LogP contribution in [-0.4, -0.2) is 36.1 Å². The van der Waals surface area contributed by atoms with Crippen LogP contribution in [0.25, 0.3) is 11.1 Å². The molecule has 0 spiro atoms. The molecule has 0 saturated carbocycles. The van der Waals surface area contributed by atoms with Gasteiger partial charge in [-0.05, 0) is 30.7 Å². The summed E-state index contributed by atoms with van der Waals surface area (Å²) in [4.78, 5) is 10.8. The van der Waals surface area contributed by atoms with Crippen LogP contribution in [0.4, 0.5) is 19.1 Å². The monoisotopic (exact) mass is 322 g/mol. The van der Waals surface area contributed by atoms with Crippen molar-refractivity contribution in [2.45, 2.75) is 12.6 Å². The van der Waals surface area contributed by atoms with Crippen molar-refractivity contribution < 1.29 is 13.2 Å². The van der Waals surface area contributed by atoms with Crippen LogP contribution in [0.3, 0.4) is 0 Å². The zero-order valence-electron chi connectivity index (χ0n) is 12.5. The van der Waals surface area contributed by atoms with E-state index in [1.54, 1.807) is 12.4 Å². The third-order valence-electron chi connectivity index (χ3n) is 3.81. The highest BCUT2D eigenvalue weighted by atomic mass is 19.4. The van der Waals surface area contributed by atoms with Crippen LogP contribution in [0.1, 0.15) is 12.0 Å². The number of benzene rings is 1. The lowest BCUT2D eigenvalue weighted by Gasteiger charge is -2.19. The molecule has 0 radical (unpaired) electrons. The molecule has 1 aromatic carbocycles. The summed E-state index contributed by atoms with van der Waals surface area (Å²) < 4.78 is 37.7. The van der Waals surface area contributed by atoms with Gasteiger partial charge in [-0.15, -0.1) is 0 Å². The number of anilines is 1. The Labute approximate surface area is 132 Å². The molecule has 4 nitrogen and oxygen atoms in total. The van der Waals surface area contributed by atoms with Gasteiger partial charge in [-0.2, -0.15) is 13.2 Å². The summed E-state index contributed by atoms with van der Waals surface area (Å²) in [7, 11) is 0. The third-order valence-corrected chi connectivity index (χ3v) is 3.81. The first-order chi connectivity index (χ1) is 11.0. The van der Waals surface area contributed by atoms with Gasteiger partial charge < -0.3 is 10.2 Å². The Bertz CT molecular complexity index is 630. The molecular weight excluding hydrogens is 305 g/mol. The van der Waals surface area contributed by atoms with Crippen molar-refractivity contribution in [2.75, 3.05) is 31.1 Å². The van der Waals surface area contributed by atoms with Crippen molar-refractivity contribution in [1.82, 2.24) is 15.3 Å². The molecule has 1 N–H and O–H groups in total. The smallest absolute Gasteiger partial charge is 0.340 e. The molecule has 1 aliphatic heterocycles. The highest BCUT2D eigenvalue weighted by Crippen LogP contribution is 2.30. The van der Waals surface area contributed by atoms with Gasteiger partial charge in [0.15, 0.2) is 0 Å². The minimum Gasteiger partial charge on any atom is -0.340 e. The van der Waals surface area contributed by atoms with Crippen molar-refractivity contribution in [3.05, 3.63) is 42.2 Å². The molecule has 0 unspecified atom stereocenters. The summed E-state index contributed by atoms with van der Waals surface area (Å²) in [5.41, 5.74) is 0.716. The average Bonchev–Trinajstić information content (AvgIpc) is 2.84. The van der Waals surface area contributed by atoms with Gasteiger partial charge in [-0.1, -0.05) is 12.1 Å². The first kappa shape index (κ1) is 15.7. The van der Waals surface area contributed by atoms with E-state index >= 15 is 0 Å². The normalized spacial score (nSPS) is 16.2. The van der Waals surface area contributed by atoms with Crippen molar-refractivity contribution in [2.24, 2.45) is 0 Å². The predicted molar refractivity (Wildman–Crippen MR) is 82.2 cm³/mol. The third kappa shape index (κ3) is 3.79. The molecule has 0 amide bonds. The number of hydrogen-bond acceptors (Lipinski definition) is 4. The molecule has 2 aromatic rings. The van der Waals surface area contributed by atoms with Gasteiger partial charge in [0.05, 0.1) is 5.56 Å². The fourth-order valence-corrected chi connectivity index (χ4v) is 2.53. The van der Waals surface area contributed by atoms with Crippen molar-refractivity contribution >= 4 is 5.95 Å². The van der Waals surface area contributed by atoms with Gasteiger partial charge in [0.2, 0.25) is 5.95 Å². The van der Waals surface area contributed by atoms with E-state index in [9.17, 15) is 13.2 Å². The number of alkyl halides is 3. The van der Waals surface area contributed by atoms with E-state index in [1.807, 2.05) is 0 Å². The number of halogens is 3. The van der Waals surface area contributed by atoms with Crippen LogP contribution >= 0.6 is 0 Å². The molecule has 7 heteroatoms. The van der Waals surface area contributed by atoms with Gasteiger partial charge in [0.25, 0.3) is 0 Å². The Morgan fingerprint density at radius 1 is 0.913 bits per heavy atom. The molecule has 1 saturated heterocycles. The lowest BCUT2D eigenvalue weighted by Crippen LogP contribution is -2.29. The second-order valence-corrected chi connectivity index (χ2v) is 5.44. The van der Waals surface area contributed by atoms with E-state index in [1.165, 1.54) is 12.1 Å². The Morgan fingerprint density at radius 3 is 2.26 bits per heavy atom. The van der Waals surface area contributed by atoms with Crippen LogP contribution in [0.15, 0.2) is 36.7 Å². The van der Waals surface area contributed by atoms with E-state index in [-0.39, 0.29) is 0 Å². The van der Waals surface area contributed by atoms with E-state index in [4.69, 9.17) is 0 Å². The van der Waals surface area contributed by atoms with Crippen molar-refractivity contribution in [3.8, 4) is 11.1 Å². The minimum atomic E-state index is -4.32. The molecule has 1 fully saturated rings. The molecular formula is C16H17F3N4. The predicted octanol–water partition coefficient (Wildman–Crippen LogP) is 2.96. The van der Waals surface area contributed by atoms with Gasteiger partial charge in [-0.25, -0.2) is 9.97 Å². The maximum atomic E-state index is 12.6. The number of nitrogens with one attached hydrogen (secondary N) is 1. The Kier molecular flexibility index (Phi) is 4.47. The van der Waals surface area contributed by atoms with E-state index in [2.05, 4.69) is 20.2 Å². The van der Waals surface area contributed by atoms with E-state index < -0.39 is 11.7 Å². The van der Waals surface area contributed by atoms with E-state index in [0.717, 1.165) is 44.7 Å². The highest BCUT2D eigenvalue weighted by molar-refractivity contribution is 5.62. The molecule has 0 bridgehead atoms. The van der Waals surface area contributed by atoms with Gasteiger partial charge in [-0.3, -0.25) is 0 Å². The number of nitrogens with zero attached hydrogens (tertiary/aromatic N) is 3. The molecule has 2 heterocycles. The molecule has 122 valence electrons. The largest absolute Gasteiger partial charge is 0.416 e. The quantitative estimate of drug-likeness (QED) is 0.923. The van der Waals surface area contributed by atoms with Crippen LogP contribution in [-0.2, 0) is 6.18 Å². The Morgan fingerprint density at radius 2 is 1.61 bits per heavy atom. The number of hydrogen-bond donors (Lipinski definition) is 1. The molecule has 0 aliphatic carbocycles.